The molecule has 0 saturated carbocycles. The van der Waals surface area contributed by atoms with E-state index in [0.29, 0.717) is 24.1 Å². The maximum atomic E-state index is 12.7. The minimum Gasteiger partial charge on any atom is -0.756 e. The topological polar surface area (TPSA) is 94.1 Å². The summed E-state index contributed by atoms with van der Waals surface area (Å²) in [7, 11) is 1.33. The molecule has 0 fully saturated rings. The van der Waals surface area contributed by atoms with E-state index in [1.54, 1.807) is 0 Å². The highest BCUT2D eigenvalue weighted by atomic mass is 31.2. The number of unbranched alkanes of at least 4 members (excludes halogenated alkanes) is 15. The van der Waals surface area contributed by atoms with Crippen LogP contribution < -0.4 is 4.89 Å². The van der Waals surface area contributed by atoms with Crippen molar-refractivity contribution in [2.45, 2.75) is 174 Å². The number of hydrogen-bond donors (Lipinski definition) is 0. The molecule has 0 saturated heterocycles. The summed E-state index contributed by atoms with van der Waals surface area (Å²) in [5, 5.41) is 0. The number of phosphoric acid groups is 1. The zero-order valence-electron chi connectivity index (χ0n) is 37.3. The minimum absolute atomic E-state index is 0.0172. The smallest absolute Gasteiger partial charge is 0.306 e. The van der Waals surface area contributed by atoms with Crippen molar-refractivity contribution in [1.29, 1.82) is 0 Å². The molecular weight excluding hydrogens is 734 g/mol. The van der Waals surface area contributed by atoms with Gasteiger partial charge in [-0.2, -0.15) is 0 Å². The molecule has 0 aliphatic rings. The van der Waals surface area contributed by atoms with E-state index in [-0.39, 0.29) is 25.8 Å². The van der Waals surface area contributed by atoms with Crippen molar-refractivity contribution in [3.8, 4) is 0 Å². The van der Waals surface area contributed by atoms with Gasteiger partial charge in [0.2, 0.25) is 0 Å². The summed E-state index contributed by atoms with van der Waals surface area (Å²) in [5.74, 6) is -0.355. The molecule has 0 aliphatic heterocycles. The minimum atomic E-state index is -4.54. The molecule has 0 aliphatic carbocycles. The van der Waals surface area contributed by atoms with E-state index in [0.717, 1.165) is 96.3 Å². The van der Waals surface area contributed by atoms with Crippen molar-refractivity contribution in [3.05, 3.63) is 72.9 Å². The molecule has 57 heavy (non-hydrogen) atoms. The van der Waals surface area contributed by atoms with Gasteiger partial charge in [0.15, 0.2) is 0 Å². The molecule has 0 rings (SSSR count). The van der Waals surface area contributed by atoms with Crippen LogP contribution in [-0.2, 0) is 27.9 Å². The number of ether oxygens (including phenoxy) is 2. The molecule has 8 nitrogen and oxygen atoms in total. The van der Waals surface area contributed by atoms with Crippen molar-refractivity contribution < 1.29 is 37.3 Å². The predicted octanol–water partition coefficient (Wildman–Crippen LogP) is 12.9. The van der Waals surface area contributed by atoms with Crippen molar-refractivity contribution in [2.24, 2.45) is 0 Å². The lowest BCUT2D eigenvalue weighted by molar-refractivity contribution is -0.870. The summed E-state index contributed by atoms with van der Waals surface area (Å²) in [6, 6.07) is 0. The average Bonchev–Trinajstić information content (AvgIpc) is 3.16. The highest BCUT2D eigenvalue weighted by molar-refractivity contribution is 7.45. The van der Waals surface area contributed by atoms with Crippen LogP contribution in [0.3, 0.4) is 0 Å². The van der Waals surface area contributed by atoms with Crippen LogP contribution in [0.2, 0.25) is 0 Å². The molecule has 0 amide bonds. The average molecular weight is 820 g/mol. The molecule has 0 bridgehead atoms. The Kier molecular flexibility index (Phi) is 39.2. The van der Waals surface area contributed by atoms with Gasteiger partial charge in [0, 0.05) is 13.0 Å². The quantitative estimate of drug-likeness (QED) is 0.0199. The van der Waals surface area contributed by atoms with Crippen LogP contribution in [0.5, 0.6) is 0 Å². The normalized spacial score (nSPS) is 14.4. The van der Waals surface area contributed by atoms with E-state index in [1.165, 1.54) is 51.4 Å². The number of hydrogen-bond acceptors (Lipinski definition) is 7. The molecule has 0 N–H and O–H groups in total. The Morgan fingerprint density at radius 2 is 1.02 bits per heavy atom. The fourth-order valence-electron chi connectivity index (χ4n) is 5.74. The van der Waals surface area contributed by atoms with Crippen LogP contribution in [0, 0.1) is 0 Å². The van der Waals surface area contributed by atoms with Crippen LogP contribution in [0.1, 0.15) is 168 Å². The molecule has 9 heteroatoms. The number of esters is 1. The summed E-state index contributed by atoms with van der Waals surface area (Å²) < 4.78 is 34.6. The number of nitrogens with zero attached hydrogens (tertiary/aromatic N) is 1. The Labute approximate surface area is 351 Å². The maximum absolute atomic E-state index is 12.7. The third kappa shape index (κ3) is 44.9. The molecule has 330 valence electrons. The van der Waals surface area contributed by atoms with Crippen molar-refractivity contribution in [1.82, 2.24) is 0 Å². The summed E-state index contributed by atoms with van der Waals surface area (Å²) in [6.07, 6.45) is 52.0. The van der Waals surface area contributed by atoms with Crippen LogP contribution in [-0.4, -0.2) is 70.7 Å². The van der Waals surface area contributed by atoms with Gasteiger partial charge in [-0.3, -0.25) is 9.36 Å². The number of quaternary nitrogens is 1. The molecule has 0 aromatic heterocycles. The van der Waals surface area contributed by atoms with Gasteiger partial charge in [-0.15, -0.1) is 0 Å². The maximum Gasteiger partial charge on any atom is 0.306 e. The Balaban J connectivity index is 4.27. The van der Waals surface area contributed by atoms with Crippen LogP contribution in [0.25, 0.3) is 0 Å². The molecule has 2 atom stereocenters. The van der Waals surface area contributed by atoms with Gasteiger partial charge in [-0.25, -0.2) is 0 Å². The molecule has 0 radical (unpaired) electrons. The first-order valence-corrected chi connectivity index (χ1v) is 24.1. The zero-order chi connectivity index (χ0) is 42.0. The lowest BCUT2D eigenvalue weighted by atomic mass is 10.1. The first-order chi connectivity index (χ1) is 27.6. The monoisotopic (exact) mass is 820 g/mol. The summed E-state index contributed by atoms with van der Waals surface area (Å²) in [4.78, 5) is 25.1. The number of allylic oxidation sites excluding steroid dienone is 12. The Hall–Kier alpha value is -2.06. The van der Waals surface area contributed by atoms with Crippen LogP contribution in [0.4, 0.5) is 0 Å². The van der Waals surface area contributed by atoms with E-state index < -0.39 is 13.9 Å². The summed E-state index contributed by atoms with van der Waals surface area (Å²) in [6.45, 7) is 5.21. The molecule has 0 heterocycles. The fraction of sp³-hybridized carbons (Fsp3) is 0.729. The highest BCUT2D eigenvalue weighted by Crippen LogP contribution is 2.38. The number of rotatable bonds is 41. The van der Waals surface area contributed by atoms with Gasteiger partial charge < -0.3 is 27.9 Å². The van der Waals surface area contributed by atoms with E-state index in [4.69, 9.17) is 18.5 Å². The standard InChI is InChI=1S/C48H86NO7P/c1-6-8-10-12-14-16-18-20-22-23-24-25-26-28-30-32-34-36-38-40-43-53-45-47(46-55-57(51,52)54-44-42-49(3,4)5)56-48(50)41-39-37-35-33-31-29-27-21-19-17-15-13-11-9-7-2/h8,10,14-17,20-22,24-25,27,47H,6-7,9,11-13,18-19,23,26,28-46H2,1-5H3/b10-8-,16-14-,17-15-,22-20-,25-24-,27-21-. The lowest BCUT2D eigenvalue weighted by Gasteiger charge is -2.28. The second-order valence-corrected chi connectivity index (χ2v) is 17.4. The van der Waals surface area contributed by atoms with E-state index >= 15 is 0 Å². The van der Waals surface area contributed by atoms with E-state index in [1.807, 2.05) is 21.1 Å². The molecule has 0 spiro atoms. The molecule has 2 unspecified atom stereocenters. The lowest BCUT2D eigenvalue weighted by Crippen LogP contribution is -2.37. The van der Waals surface area contributed by atoms with Crippen LogP contribution >= 0.6 is 7.82 Å². The van der Waals surface area contributed by atoms with Gasteiger partial charge in [-0.1, -0.05) is 151 Å². The SMILES string of the molecule is CC/C=C\C/C=C\C/C=C\C/C=C\CCCCCCCCCOCC(COP(=O)([O-])OCC[N+](C)(C)C)OC(=O)CCCCCCC/C=C\C/C=C\CCCCC. The van der Waals surface area contributed by atoms with Crippen molar-refractivity contribution in [2.75, 3.05) is 54.1 Å². The highest BCUT2D eigenvalue weighted by Gasteiger charge is 2.20. The Morgan fingerprint density at radius 1 is 0.561 bits per heavy atom. The second kappa shape index (κ2) is 40.7. The molecular formula is C48H86NO7P. The van der Waals surface area contributed by atoms with E-state index in [9.17, 15) is 14.3 Å². The third-order valence-electron chi connectivity index (χ3n) is 9.24. The first-order valence-electron chi connectivity index (χ1n) is 22.7. The van der Waals surface area contributed by atoms with Gasteiger partial charge in [0.05, 0.1) is 34.4 Å². The second-order valence-electron chi connectivity index (χ2n) is 16.0. The van der Waals surface area contributed by atoms with Crippen molar-refractivity contribution >= 4 is 13.8 Å². The molecule has 0 aromatic carbocycles. The Morgan fingerprint density at radius 3 is 1.53 bits per heavy atom. The van der Waals surface area contributed by atoms with Crippen molar-refractivity contribution in [3.63, 3.8) is 0 Å². The largest absolute Gasteiger partial charge is 0.756 e. The van der Waals surface area contributed by atoms with Gasteiger partial charge in [0.25, 0.3) is 7.82 Å². The summed E-state index contributed by atoms with van der Waals surface area (Å²) >= 11 is 0. The summed E-state index contributed by atoms with van der Waals surface area (Å²) in [5.41, 5.74) is 0. The Bertz CT molecular complexity index is 1140. The number of carbonyl (C=O) groups excluding carboxylic acids is 1. The zero-order valence-corrected chi connectivity index (χ0v) is 38.2. The van der Waals surface area contributed by atoms with Gasteiger partial charge in [0.1, 0.15) is 19.3 Å². The molecule has 0 aromatic rings. The third-order valence-corrected chi connectivity index (χ3v) is 10.2. The fourth-order valence-corrected chi connectivity index (χ4v) is 6.47. The first kappa shape index (κ1) is 54.9. The van der Waals surface area contributed by atoms with Gasteiger partial charge >= 0.3 is 5.97 Å². The number of likely N-dealkylation sites (N-methyl/N-ethyl adjacent to an activating group) is 1. The van der Waals surface area contributed by atoms with Crippen LogP contribution in [0.15, 0.2) is 72.9 Å². The number of phosphoric ester groups is 1. The van der Waals surface area contributed by atoms with Gasteiger partial charge in [-0.05, 0) is 83.5 Å². The number of carbonyl (C=O) groups is 1. The van der Waals surface area contributed by atoms with E-state index in [2.05, 4.69) is 86.8 Å². The predicted molar refractivity (Wildman–Crippen MR) is 240 cm³/mol.